The molecule has 7 heteroatoms. The fourth-order valence-corrected chi connectivity index (χ4v) is 3.66. The first-order valence-corrected chi connectivity index (χ1v) is 10.3. The van der Waals surface area contributed by atoms with Gasteiger partial charge in [-0.3, -0.25) is 9.78 Å². The molecule has 0 unspecified atom stereocenters. The maximum Gasteiger partial charge on any atom is 0.337 e. The van der Waals surface area contributed by atoms with Crippen LogP contribution >= 0.6 is 11.3 Å². The van der Waals surface area contributed by atoms with Gasteiger partial charge in [0.25, 0.3) is 0 Å². The molecule has 6 nitrogen and oxygen atoms in total. The van der Waals surface area contributed by atoms with Crippen molar-refractivity contribution in [1.29, 1.82) is 0 Å². The molecule has 2 aromatic heterocycles. The van der Waals surface area contributed by atoms with Gasteiger partial charge in [-0.1, -0.05) is 39.0 Å². The number of carbonyl (C=O) groups is 2. The summed E-state index contributed by atoms with van der Waals surface area (Å²) in [6.07, 6.45) is 5.26. The van der Waals surface area contributed by atoms with Crippen molar-refractivity contribution in [2.24, 2.45) is 0 Å². The fraction of sp³-hybridized carbons (Fsp3) is 0.217. The number of carboxylic acids is 1. The molecule has 30 heavy (non-hydrogen) atoms. The van der Waals surface area contributed by atoms with Crippen LogP contribution in [-0.4, -0.2) is 27.0 Å². The first kappa shape index (κ1) is 21.4. The molecule has 0 aliphatic rings. The van der Waals surface area contributed by atoms with Gasteiger partial charge in [0.15, 0.2) is 0 Å². The lowest BCUT2D eigenvalue weighted by atomic mass is 9.93. The van der Waals surface area contributed by atoms with Crippen LogP contribution in [0, 0.1) is 0 Å². The highest BCUT2D eigenvalue weighted by molar-refractivity contribution is 7.10. The van der Waals surface area contributed by atoms with Crippen molar-refractivity contribution in [3.8, 4) is 0 Å². The minimum atomic E-state index is -1.10. The maximum absolute atomic E-state index is 12.4. The fourth-order valence-electron chi connectivity index (χ4n) is 2.73. The zero-order valence-corrected chi connectivity index (χ0v) is 17.9. The standard InChI is InChI=1S/C23H23N3O3S/c1-23(2,3)19-14-30-21(26-19)10-9-15-6-4-7-16(12-15)25-20(27)13-18-17(22(28)29)8-5-11-24-18/h4-12,14H,13H2,1-3H3,(H,25,27)(H,28,29)/b10-9+. The van der Waals surface area contributed by atoms with Gasteiger partial charge in [-0.2, -0.15) is 0 Å². The van der Waals surface area contributed by atoms with Crippen molar-refractivity contribution in [3.63, 3.8) is 0 Å². The molecule has 3 rings (SSSR count). The molecule has 0 atom stereocenters. The van der Waals surface area contributed by atoms with Crippen LogP contribution in [0.15, 0.2) is 48.0 Å². The van der Waals surface area contributed by atoms with Crippen LogP contribution in [-0.2, 0) is 16.6 Å². The number of amides is 1. The third kappa shape index (κ3) is 5.61. The molecular formula is C23H23N3O3S. The van der Waals surface area contributed by atoms with Crippen LogP contribution in [0.4, 0.5) is 5.69 Å². The largest absolute Gasteiger partial charge is 0.478 e. The van der Waals surface area contributed by atoms with E-state index in [1.807, 2.05) is 30.4 Å². The highest BCUT2D eigenvalue weighted by atomic mass is 32.1. The van der Waals surface area contributed by atoms with E-state index in [1.165, 1.54) is 18.3 Å². The quantitative estimate of drug-likeness (QED) is 0.591. The first-order valence-electron chi connectivity index (χ1n) is 9.43. The molecule has 0 saturated heterocycles. The van der Waals surface area contributed by atoms with Crippen LogP contribution in [0.1, 0.15) is 53.1 Å². The second kappa shape index (κ2) is 9.00. The van der Waals surface area contributed by atoms with Crippen molar-refractivity contribution in [2.45, 2.75) is 32.6 Å². The number of nitrogens with one attached hydrogen (secondary N) is 1. The second-order valence-electron chi connectivity index (χ2n) is 7.81. The summed E-state index contributed by atoms with van der Waals surface area (Å²) >= 11 is 1.59. The lowest BCUT2D eigenvalue weighted by molar-refractivity contribution is -0.115. The van der Waals surface area contributed by atoms with Gasteiger partial charge in [0.1, 0.15) is 5.01 Å². The van der Waals surface area contributed by atoms with Crippen molar-refractivity contribution < 1.29 is 14.7 Å². The number of hydrogen-bond donors (Lipinski definition) is 2. The number of pyridine rings is 1. The lowest BCUT2D eigenvalue weighted by Gasteiger charge is -2.13. The van der Waals surface area contributed by atoms with Crippen LogP contribution in [0.5, 0.6) is 0 Å². The summed E-state index contributed by atoms with van der Waals surface area (Å²) in [4.78, 5) is 32.3. The van der Waals surface area contributed by atoms with Gasteiger partial charge in [-0.05, 0) is 35.9 Å². The normalized spacial score (nSPS) is 11.6. The average molecular weight is 422 g/mol. The number of aromatic nitrogens is 2. The highest BCUT2D eigenvalue weighted by Crippen LogP contribution is 2.25. The van der Waals surface area contributed by atoms with Crippen molar-refractivity contribution >= 4 is 41.1 Å². The zero-order chi connectivity index (χ0) is 21.7. The zero-order valence-electron chi connectivity index (χ0n) is 17.0. The average Bonchev–Trinajstić information content (AvgIpc) is 3.16. The molecular weight excluding hydrogens is 398 g/mol. The molecule has 0 saturated carbocycles. The number of hydrogen-bond acceptors (Lipinski definition) is 5. The number of aromatic carboxylic acids is 1. The van der Waals surface area contributed by atoms with Crippen LogP contribution in [0.25, 0.3) is 12.2 Å². The third-order valence-corrected chi connectivity index (χ3v) is 5.14. The molecule has 154 valence electrons. The molecule has 1 aromatic carbocycles. The van der Waals surface area contributed by atoms with Gasteiger partial charge >= 0.3 is 5.97 Å². The number of nitrogens with zero attached hydrogens (tertiary/aromatic N) is 2. The monoisotopic (exact) mass is 421 g/mol. The molecule has 1 amide bonds. The van der Waals surface area contributed by atoms with E-state index in [4.69, 9.17) is 0 Å². The molecule has 2 N–H and O–H groups in total. The molecule has 0 spiro atoms. The Bertz CT molecular complexity index is 1100. The van der Waals surface area contributed by atoms with Gasteiger partial charge in [-0.15, -0.1) is 11.3 Å². The van der Waals surface area contributed by atoms with Crippen LogP contribution in [0.3, 0.4) is 0 Å². The smallest absolute Gasteiger partial charge is 0.337 e. The van der Waals surface area contributed by atoms with E-state index in [1.54, 1.807) is 17.4 Å². The summed E-state index contributed by atoms with van der Waals surface area (Å²) in [5.74, 6) is -1.43. The highest BCUT2D eigenvalue weighted by Gasteiger charge is 2.17. The Labute approximate surface area is 179 Å². The maximum atomic E-state index is 12.4. The molecule has 3 aromatic rings. The van der Waals surface area contributed by atoms with E-state index in [9.17, 15) is 14.7 Å². The van der Waals surface area contributed by atoms with Crippen molar-refractivity contribution in [1.82, 2.24) is 9.97 Å². The number of carboxylic acid groups (broad SMARTS) is 1. The molecule has 0 aliphatic heterocycles. The summed E-state index contributed by atoms with van der Waals surface area (Å²) in [7, 11) is 0. The molecule has 0 radical (unpaired) electrons. The number of benzene rings is 1. The van der Waals surface area contributed by atoms with E-state index in [2.05, 4.69) is 41.4 Å². The number of carbonyl (C=O) groups excluding carboxylic acids is 1. The van der Waals surface area contributed by atoms with E-state index in [-0.39, 0.29) is 29.0 Å². The Kier molecular flexibility index (Phi) is 6.42. The Balaban J connectivity index is 1.68. The van der Waals surface area contributed by atoms with Crippen LogP contribution < -0.4 is 5.32 Å². The molecule has 2 heterocycles. The van der Waals surface area contributed by atoms with E-state index >= 15 is 0 Å². The minimum absolute atomic E-state index is 0.0148. The van der Waals surface area contributed by atoms with E-state index in [0.717, 1.165) is 16.3 Å². The second-order valence-corrected chi connectivity index (χ2v) is 8.70. The number of rotatable bonds is 6. The SMILES string of the molecule is CC(C)(C)c1csc(/C=C/c2cccc(NC(=O)Cc3ncccc3C(=O)O)c2)n1. The summed E-state index contributed by atoms with van der Waals surface area (Å²) in [6, 6.07) is 10.4. The Morgan fingerprint density at radius 2 is 1.97 bits per heavy atom. The summed E-state index contributed by atoms with van der Waals surface area (Å²) in [5.41, 5.74) is 2.89. The van der Waals surface area contributed by atoms with Gasteiger partial charge < -0.3 is 10.4 Å². The Morgan fingerprint density at radius 1 is 1.17 bits per heavy atom. The minimum Gasteiger partial charge on any atom is -0.478 e. The predicted molar refractivity (Wildman–Crippen MR) is 120 cm³/mol. The van der Waals surface area contributed by atoms with Crippen molar-refractivity contribution in [3.05, 3.63) is 75.5 Å². The van der Waals surface area contributed by atoms with Gasteiger partial charge in [-0.25, -0.2) is 9.78 Å². The first-order chi connectivity index (χ1) is 14.2. The van der Waals surface area contributed by atoms with Crippen molar-refractivity contribution in [2.75, 3.05) is 5.32 Å². The lowest BCUT2D eigenvalue weighted by Crippen LogP contribution is -2.17. The van der Waals surface area contributed by atoms with E-state index < -0.39 is 5.97 Å². The van der Waals surface area contributed by atoms with E-state index in [0.29, 0.717) is 5.69 Å². The van der Waals surface area contributed by atoms with Gasteiger partial charge in [0.05, 0.1) is 23.4 Å². The third-order valence-electron chi connectivity index (χ3n) is 4.33. The Morgan fingerprint density at radius 3 is 2.67 bits per heavy atom. The topological polar surface area (TPSA) is 92.2 Å². The Hall–Kier alpha value is -3.32. The summed E-state index contributed by atoms with van der Waals surface area (Å²) in [5, 5.41) is 15.0. The van der Waals surface area contributed by atoms with Gasteiger partial charge in [0, 0.05) is 22.7 Å². The number of thiazole rings is 1. The van der Waals surface area contributed by atoms with Crippen LogP contribution in [0.2, 0.25) is 0 Å². The summed E-state index contributed by atoms with van der Waals surface area (Å²) in [6.45, 7) is 6.39. The molecule has 0 aliphatic carbocycles. The predicted octanol–water partition coefficient (Wildman–Crippen LogP) is 4.89. The van der Waals surface area contributed by atoms with Gasteiger partial charge in [0.2, 0.25) is 5.91 Å². The summed E-state index contributed by atoms with van der Waals surface area (Å²) < 4.78 is 0. The number of anilines is 1. The molecule has 0 fully saturated rings. The molecule has 0 bridgehead atoms.